The van der Waals surface area contributed by atoms with E-state index in [-0.39, 0.29) is 6.10 Å². The third kappa shape index (κ3) is 6.43. The Balaban J connectivity index is 1.29. The van der Waals surface area contributed by atoms with E-state index in [1.165, 1.54) is 81.9 Å². The van der Waals surface area contributed by atoms with Crippen LogP contribution in [0.3, 0.4) is 0 Å². The van der Waals surface area contributed by atoms with E-state index < -0.39 is 0 Å². The van der Waals surface area contributed by atoms with Crippen molar-refractivity contribution in [3.8, 4) is 0 Å². The first-order valence-corrected chi connectivity index (χ1v) is 12.8. The molecule has 168 valence electrons. The second-order valence-corrected chi connectivity index (χ2v) is 9.69. The minimum Gasteiger partial charge on any atom is -0.370 e. The summed E-state index contributed by atoms with van der Waals surface area (Å²) in [5.41, 5.74) is 2.85. The van der Waals surface area contributed by atoms with Crippen molar-refractivity contribution < 1.29 is 4.74 Å². The first-order valence-electron chi connectivity index (χ1n) is 12.8. The topological polar surface area (TPSA) is 12.5 Å². The Morgan fingerprint density at radius 1 is 0.839 bits per heavy atom. The highest BCUT2D eigenvalue weighted by atomic mass is 16.5. The fraction of sp³-hybridized carbons (Fsp3) is 0.586. The van der Waals surface area contributed by atoms with Crippen LogP contribution in [-0.4, -0.2) is 29.6 Å². The monoisotopic (exact) mass is 419 g/mol. The Bertz CT molecular complexity index is 732. The van der Waals surface area contributed by atoms with Crippen molar-refractivity contribution in [1.29, 1.82) is 0 Å². The van der Waals surface area contributed by atoms with Gasteiger partial charge in [0.15, 0.2) is 0 Å². The van der Waals surface area contributed by atoms with Gasteiger partial charge >= 0.3 is 0 Å². The lowest BCUT2D eigenvalue weighted by atomic mass is 9.97. The SMILES string of the molecule is CCCCCCC(OC1C[C@H]2CC[C@@H](C1)N2CCCc1ccccc1)c1ccccc1. The van der Waals surface area contributed by atoms with Crippen molar-refractivity contribution in [3.63, 3.8) is 0 Å². The summed E-state index contributed by atoms with van der Waals surface area (Å²) in [7, 11) is 0. The third-order valence-electron chi connectivity index (χ3n) is 7.41. The van der Waals surface area contributed by atoms with E-state index >= 15 is 0 Å². The molecule has 0 aliphatic carbocycles. The number of aryl methyl sites for hydroxylation is 1. The minimum absolute atomic E-state index is 0.270. The summed E-state index contributed by atoms with van der Waals surface area (Å²) in [6.45, 7) is 3.53. The van der Waals surface area contributed by atoms with Gasteiger partial charge < -0.3 is 4.74 Å². The van der Waals surface area contributed by atoms with E-state index in [0.717, 1.165) is 18.5 Å². The van der Waals surface area contributed by atoms with Crippen LogP contribution in [0.4, 0.5) is 0 Å². The largest absolute Gasteiger partial charge is 0.370 e. The third-order valence-corrected chi connectivity index (χ3v) is 7.41. The molecule has 4 atom stereocenters. The molecule has 4 rings (SSSR count). The second-order valence-electron chi connectivity index (χ2n) is 9.69. The first-order chi connectivity index (χ1) is 15.3. The van der Waals surface area contributed by atoms with E-state index in [0.29, 0.717) is 6.10 Å². The number of hydrogen-bond acceptors (Lipinski definition) is 2. The van der Waals surface area contributed by atoms with Crippen molar-refractivity contribution in [2.45, 2.75) is 102 Å². The predicted molar refractivity (Wildman–Crippen MR) is 130 cm³/mol. The maximum atomic E-state index is 6.83. The van der Waals surface area contributed by atoms with Crippen LogP contribution < -0.4 is 0 Å². The van der Waals surface area contributed by atoms with Crippen LogP contribution in [0.1, 0.15) is 88.4 Å². The zero-order valence-electron chi connectivity index (χ0n) is 19.4. The molecule has 2 heterocycles. The van der Waals surface area contributed by atoms with Crippen LogP contribution in [0.25, 0.3) is 0 Å². The summed E-state index contributed by atoms with van der Waals surface area (Å²) in [5, 5.41) is 0. The number of benzene rings is 2. The van der Waals surface area contributed by atoms with Crippen LogP contribution in [0.5, 0.6) is 0 Å². The van der Waals surface area contributed by atoms with Gasteiger partial charge in [-0.25, -0.2) is 0 Å². The van der Waals surface area contributed by atoms with E-state index in [9.17, 15) is 0 Å². The number of nitrogens with zero attached hydrogens (tertiary/aromatic N) is 1. The van der Waals surface area contributed by atoms with E-state index in [1.807, 2.05) is 0 Å². The summed E-state index contributed by atoms with van der Waals surface area (Å²) in [5.74, 6) is 0. The van der Waals surface area contributed by atoms with Crippen molar-refractivity contribution in [2.24, 2.45) is 0 Å². The smallest absolute Gasteiger partial charge is 0.0828 e. The maximum Gasteiger partial charge on any atom is 0.0828 e. The highest BCUT2D eigenvalue weighted by Crippen LogP contribution is 2.39. The molecule has 2 aliphatic heterocycles. The number of piperidine rings is 1. The van der Waals surface area contributed by atoms with Crippen LogP contribution in [0, 0.1) is 0 Å². The molecule has 31 heavy (non-hydrogen) atoms. The molecule has 0 amide bonds. The summed E-state index contributed by atoms with van der Waals surface area (Å²) in [4.78, 5) is 2.82. The first kappa shape index (κ1) is 22.6. The molecule has 2 saturated heterocycles. The van der Waals surface area contributed by atoms with Crippen LogP contribution in [0.2, 0.25) is 0 Å². The quantitative estimate of drug-likeness (QED) is 0.334. The number of rotatable bonds is 12. The molecular weight excluding hydrogens is 378 g/mol. The highest BCUT2D eigenvalue weighted by Gasteiger charge is 2.41. The zero-order valence-corrected chi connectivity index (χ0v) is 19.4. The molecule has 2 aromatic carbocycles. The Labute approximate surface area is 190 Å². The van der Waals surface area contributed by atoms with E-state index in [1.54, 1.807) is 0 Å². The van der Waals surface area contributed by atoms with E-state index in [2.05, 4.69) is 72.5 Å². The maximum absolute atomic E-state index is 6.83. The summed E-state index contributed by atoms with van der Waals surface area (Å²) < 4.78 is 6.83. The lowest BCUT2D eigenvalue weighted by molar-refractivity contribution is -0.0660. The van der Waals surface area contributed by atoms with Gasteiger partial charge in [-0.05, 0) is 62.6 Å². The number of fused-ring (bicyclic) bond motifs is 2. The summed E-state index contributed by atoms with van der Waals surface area (Å²) >= 11 is 0. The van der Waals surface area contributed by atoms with Crippen molar-refractivity contribution >= 4 is 0 Å². The Morgan fingerprint density at radius 2 is 1.52 bits per heavy atom. The number of ether oxygens (including phenoxy) is 1. The fourth-order valence-corrected chi connectivity index (χ4v) is 5.78. The zero-order chi connectivity index (χ0) is 21.3. The van der Waals surface area contributed by atoms with Gasteiger partial charge in [-0.2, -0.15) is 0 Å². The Morgan fingerprint density at radius 3 is 2.19 bits per heavy atom. The number of unbranched alkanes of at least 4 members (excludes halogenated alkanes) is 3. The van der Waals surface area contributed by atoms with Crippen LogP contribution >= 0.6 is 0 Å². The standard InChI is InChI=1S/C29H41NO/c1-2-3-4-11-18-29(25-16-9-6-10-17-25)31-28-22-26-19-20-27(23-28)30(26)21-12-15-24-13-7-5-8-14-24/h5-10,13-14,16-17,26-29H,2-4,11-12,15,18-23H2,1H3/t26-,27+,28?,29?. The molecule has 0 saturated carbocycles. The van der Waals surface area contributed by atoms with Gasteiger partial charge in [-0.3, -0.25) is 4.90 Å². The average molecular weight is 420 g/mol. The lowest BCUT2D eigenvalue weighted by Crippen LogP contribution is -2.46. The normalized spacial score (nSPS) is 24.4. The van der Waals surface area contributed by atoms with Crippen molar-refractivity contribution in [2.75, 3.05) is 6.54 Å². The molecule has 2 unspecified atom stereocenters. The van der Waals surface area contributed by atoms with Gasteiger partial charge in [-0.15, -0.1) is 0 Å². The molecule has 0 N–H and O–H groups in total. The molecule has 0 radical (unpaired) electrons. The molecule has 2 aromatic rings. The lowest BCUT2D eigenvalue weighted by Gasteiger charge is -2.40. The summed E-state index contributed by atoms with van der Waals surface area (Å²) in [6, 6.07) is 23.4. The van der Waals surface area contributed by atoms with Gasteiger partial charge in [0.1, 0.15) is 0 Å². The molecule has 2 heteroatoms. The second kappa shape index (κ2) is 11.8. The fourth-order valence-electron chi connectivity index (χ4n) is 5.78. The van der Waals surface area contributed by atoms with E-state index in [4.69, 9.17) is 4.74 Å². The van der Waals surface area contributed by atoms with Gasteiger partial charge in [0.25, 0.3) is 0 Å². The molecule has 0 spiro atoms. The average Bonchev–Trinajstić information content (AvgIpc) is 3.05. The predicted octanol–water partition coefficient (Wildman–Crippen LogP) is 7.34. The summed E-state index contributed by atoms with van der Waals surface area (Å²) in [6.07, 6.45) is 14.7. The van der Waals surface area contributed by atoms with Crippen molar-refractivity contribution in [1.82, 2.24) is 4.90 Å². The Hall–Kier alpha value is -1.64. The highest BCUT2D eigenvalue weighted by molar-refractivity contribution is 5.18. The van der Waals surface area contributed by atoms with Gasteiger partial charge in [0.2, 0.25) is 0 Å². The van der Waals surface area contributed by atoms with Crippen LogP contribution in [-0.2, 0) is 11.2 Å². The molecule has 2 fully saturated rings. The molecule has 2 nitrogen and oxygen atoms in total. The Kier molecular flexibility index (Phi) is 8.61. The minimum atomic E-state index is 0.270. The molecule has 0 aromatic heterocycles. The number of hydrogen-bond donors (Lipinski definition) is 0. The molecule has 2 bridgehead atoms. The molecular formula is C29H41NO. The van der Waals surface area contributed by atoms with Gasteiger partial charge in [0, 0.05) is 12.1 Å². The van der Waals surface area contributed by atoms with Crippen LogP contribution in [0.15, 0.2) is 60.7 Å². The van der Waals surface area contributed by atoms with Crippen molar-refractivity contribution in [3.05, 3.63) is 71.8 Å². The molecule has 2 aliphatic rings. The van der Waals surface area contributed by atoms with Gasteiger partial charge in [-0.1, -0.05) is 93.3 Å². The van der Waals surface area contributed by atoms with Gasteiger partial charge in [0.05, 0.1) is 12.2 Å².